The lowest BCUT2D eigenvalue weighted by Crippen LogP contribution is -2.44. The van der Waals surface area contributed by atoms with E-state index in [-0.39, 0.29) is 5.56 Å². The molecule has 3 aromatic rings. The van der Waals surface area contributed by atoms with Gasteiger partial charge >= 0.3 is 0 Å². The van der Waals surface area contributed by atoms with Crippen molar-refractivity contribution in [1.82, 2.24) is 9.78 Å². The van der Waals surface area contributed by atoms with Crippen LogP contribution in [0, 0.1) is 13.8 Å². The average molecular weight is 353 g/mol. The van der Waals surface area contributed by atoms with E-state index >= 15 is 0 Å². The SMILES string of the molecule is Cc1ccc2c(C3=NC(C)(C)C(F)(F)c4ccccc43)n(C)nc2c1C. The van der Waals surface area contributed by atoms with Crippen LogP contribution in [0.4, 0.5) is 8.78 Å². The summed E-state index contributed by atoms with van der Waals surface area (Å²) in [6, 6.07) is 10.7. The molecular weight excluding hydrogens is 332 g/mol. The highest BCUT2D eigenvalue weighted by Gasteiger charge is 2.53. The summed E-state index contributed by atoms with van der Waals surface area (Å²) in [5.41, 5.74) is 3.45. The van der Waals surface area contributed by atoms with Crippen LogP contribution >= 0.6 is 0 Å². The number of aryl methyl sites for hydroxylation is 3. The smallest absolute Gasteiger partial charge is 0.270 e. The first-order valence-electron chi connectivity index (χ1n) is 8.66. The zero-order valence-corrected chi connectivity index (χ0v) is 15.6. The molecule has 0 fully saturated rings. The van der Waals surface area contributed by atoms with E-state index in [1.165, 1.54) is 19.9 Å². The van der Waals surface area contributed by atoms with Crippen LogP contribution in [0.3, 0.4) is 0 Å². The van der Waals surface area contributed by atoms with Crippen LogP contribution < -0.4 is 0 Å². The molecule has 0 aliphatic carbocycles. The van der Waals surface area contributed by atoms with Crippen LogP contribution in [-0.4, -0.2) is 21.0 Å². The highest BCUT2D eigenvalue weighted by atomic mass is 19.3. The standard InChI is InChI=1S/C21H21F2N3/c1-12-10-11-15-17(13(12)2)25-26(5)19(15)18-14-8-6-7-9-16(14)21(22,23)20(3,4)24-18/h6-11H,1-5H3. The van der Waals surface area contributed by atoms with Gasteiger partial charge in [0.15, 0.2) is 0 Å². The number of nitrogens with zero attached hydrogens (tertiary/aromatic N) is 3. The Morgan fingerprint density at radius 2 is 1.69 bits per heavy atom. The van der Waals surface area contributed by atoms with Gasteiger partial charge in [-0.25, -0.2) is 0 Å². The molecule has 0 bridgehead atoms. The molecule has 2 aromatic carbocycles. The molecule has 1 aliphatic rings. The molecule has 4 rings (SSSR count). The lowest BCUT2D eigenvalue weighted by atomic mass is 9.82. The molecular formula is C21H21F2N3. The summed E-state index contributed by atoms with van der Waals surface area (Å²) in [6.07, 6.45) is 0. The summed E-state index contributed by atoms with van der Waals surface area (Å²) >= 11 is 0. The molecule has 0 N–H and O–H groups in total. The van der Waals surface area contributed by atoms with Crippen molar-refractivity contribution in [1.29, 1.82) is 0 Å². The van der Waals surface area contributed by atoms with Crippen LogP contribution in [0.15, 0.2) is 41.4 Å². The summed E-state index contributed by atoms with van der Waals surface area (Å²) in [4.78, 5) is 4.52. The maximum Gasteiger partial charge on any atom is 0.297 e. The van der Waals surface area contributed by atoms with Gasteiger partial charge in [-0.2, -0.15) is 13.9 Å². The Hall–Kier alpha value is -2.56. The Kier molecular flexibility index (Phi) is 3.39. The molecule has 5 heteroatoms. The Bertz CT molecular complexity index is 1070. The van der Waals surface area contributed by atoms with Gasteiger partial charge in [0.1, 0.15) is 5.54 Å². The first-order chi connectivity index (χ1) is 12.1. The first kappa shape index (κ1) is 16.9. The summed E-state index contributed by atoms with van der Waals surface area (Å²) in [7, 11) is 1.84. The number of hydrogen-bond acceptors (Lipinski definition) is 2. The third-order valence-corrected chi connectivity index (χ3v) is 5.44. The van der Waals surface area contributed by atoms with Gasteiger partial charge in [0.05, 0.1) is 16.9 Å². The predicted octanol–water partition coefficient (Wildman–Crippen LogP) is 4.91. The molecule has 0 atom stereocenters. The maximum atomic E-state index is 15.0. The normalized spacial score (nSPS) is 17.9. The second-order valence-electron chi connectivity index (χ2n) is 7.52. The second-order valence-corrected chi connectivity index (χ2v) is 7.52. The van der Waals surface area contributed by atoms with Crippen LogP contribution in [0.2, 0.25) is 0 Å². The number of aromatic nitrogens is 2. The van der Waals surface area contributed by atoms with Crippen molar-refractivity contribution in [3.05, 3.63) is 64.3 Å². The third kappa shape index (κ3) is 2.09. The van der Waals surface area contributed by atoms with Gasteiger partial charge in [0.2, 0.25) is 0 Å². The number of fused-ring (bicyclic) bond motifs is 2. The summed E-state index contributed by atoms with van der Waals surface area (Å²) in [5, 5.41) is 5.59. The topological polar surface area (TPSA) is 30.2 Å². The number of hydrogen-bond donors (Lipinski definition) is 0. The van der Waals surface area contributed by atoms with Crippen molar-refractivity contribution in [2.24, 2.45) is 12.0 Å². The average Bonchev–Trinajstić information content (AvgIpc) is 2.92. The van der Waals surface area contributed by atoms with E-state index in [1.54, 1.807) is 22.9 Å². The lowest BCUT2D eigenvalue weighted by Gasteiger charge is -2.37. The van der Waals surface area contributed by atoms with Crippen LogP contribution in [-0.2, 0) is 13.0 Å². The molecule has 0 spiro atoms. The van der Waals surface area contributed by atoms with Gasteiger partial charge in [-0.15, -0.1) is 0 Å². The Morgan fingerprint density at radius 1 is 1.00 bits per heavy atom. The fourth-order valence-electron chi connectivity index (χ4n) is 3.66. The molecule has 1 aliphatic heterocycles. The fraction of sp³-hybridized carbons (Fsp3) is 0.333. The predicted molar refractivity (Wildman–Crippen MR) is 100 cm³/mol. The number of rotatable bonds is 1. The lowest BCUT2D eigenvalue weighted by molar-refractivity contribution is -0.0682. The fourth-order valence-corrected chi connectivity index (χ4v) is 3.66. The van der Waals surface area contributed by atoms with Gasteiger partial charge in [0, 0.05) is 23.6 Å². The molecule has 3 nitrogen and oxygen atoms in total. The Morgan fingerprint density at radius 3 is 2.42 bits per heavy atom. The molecule has 0 radical (unpaired) electrons. The van der Waals surface area contributed by atoms with Crippen molar-refractivity contribution >= 4 is 16.6 Å². The van der Waals surface area contributed by atoms with E-state index in [4.69, 9.17) is 0 Å². The molecule has 26 heavy (non-hydrogen) atoms. The van der Waals surface area contributed by atoms with Crippen molar-refractivity contribution in [3.63, 3.8) is 0 Å². The Balaban J connectivity index is 2.08. The monoisotopic (exact) mass is 353 g/mol. The van der Waals surface area contributed by atoms with Gasteiger partial charge < -0.3 is 0 Å². The zero-order valence-electron chi connectivity index (χ0n) is 15.6. The summed E-state index contributed by atoms with van der Waals surface area (Å²) < 4.78 is 31.7. The minimum Gasteiger partial charge on any atom is -0.270 e. The first-order valence-corrected chi connectivity index (χ1v) is 8.66. The number of benzene rings is 2. The molecule has 0 amide bonds. The maximum absolute atomic E-state index is 15.0. The van der Waals surface area contributed by atoms with E-state index < -0.39 is 11.5 Å². The van der Waals surface area contributed by atoms with Crippen molar-refractivity contribution in [3.8, 4) is 0 Å². The largest absolute Gasteiger partial charge is 0.297 e. The molecule has 0 unspecified atom stereocenters. The van der Waals surface area contributed by atoms with E-state index in [2.05, 4.69) is 10.1 Å². The molecule has 0 saturated carbocycles. The number of halogens is 2. The van der Waals surface area contributed by atoms with E-state index in [1.807, 2.05) is 33.0 Å². The van der Waals surface area contributed by atoms with E-state index in [0.29, 0.717) is 11.3 Å². The number of aliphatic imine (C=N–C) groups is 1. The summed E-state index contributed by atoms with van der Waals surface area (Å²) in [6.45, 7) is 7.04. The van der Waals surface area contributed by atoms with Gasteiger partial charge in [-0.3, -0.25) is 9.67 Å². The molecule has 1 aromatic heterocycles. The van der Waals surface area contributed by atoms with Gasteiger partial charge in [-0.1, -0.05) is 36.4 Å². The highest BCUT2D eigenvalue weighted by molar-refractivity contribution is 6.19. The quantitative estimate of drug-likeness (QED) is 0.611. The third-order valence-electron chi connectivity index (χ3n) is 5.44. The molecule has 0 saturated heterocycles. The van der Waals surface area contributed by atoms with Crippen molar-refractivity contribution in [2.75, 3.05) is 0 Å². The Labute approximate surface area is 151 Å². The molecule has 2 heterocycles. The van der Waals surface area contributed by atoms with Crippen molar-refractivity contribution in [2.45, 2.75) is 39.2 Å². The van der Waals surface area contributed by atoms with Crippen molar-refractivity contribution < 1.29 is 8.78 Å². The van der Waals surface area contributed by atoms with E-state index in [0.717, 1.165) is 27.7 Å². The van der Waals surface area contributed by atoms with Gasteiger partial charge in [-0.05, 0) is 38.8 Å². The number of alkyl halides is 2. The van der Waals surface area contributed by atoms with Gasteiger partial charge in [0.25, 0.3) is 5.92 Å². The highest BCUT2D eigenvalue weighted by Crippen LogP contribution is 2.47. The zero-order chi connectivity index (χ0) is 18.9. The van der Waals surface area contributed by atoms with E-state index in [9.17, 15) is 8.78 Å². The minimum absolute atomic E-state index is 0.0215. The van der Waals surface area contributed by atoms with Crippen LogP contribution in [0.1, 0.15) is 41.8 Å². The van der Waals surface area contributed by atoms with Crippen LogP contribution in [0.25, 0.3) is 10.9 Å². The second kappa shape index (κ2) is 5.22. The summed E-state index contributed by atoms with van der Waals surface area (Å²) in [5.74, 6) is -3.03. The molecule has 134 valence electrons. The van der Waals surface area contributed by atoms with Crippen LogP contribution in [0.5, 0.6) is 0 Å². The minimum atomic E-state index is -3.03.